The molecule has 0 aliphatic rings. The first-order valence-electron chi connectivity index (χ1n) is 14.3. The molecule has 0 heterocycles. The Bertz CT molecular complexity index is 353. The Morgan fingerprint density at radius 1 is 0.548 bits per heavy atom. The number of rotatable bonds is 25. The second-order valence-electron chi connectivity index (χ2n) is 10.1. The van der Waals surface area contributed by atoms with E-state index in [0.717, 1.165) is 12.3 Å². The summed E-state index contributed by atoms with van der Waals surface area (Å²) in [7, 11) is 1.47. The van der Waals surface area contributed by atoms with Gasteiger partial charge in [-0.1, -0.05) is 155 Å². The van der Waals surface area contributed by atoms with Gasteiger partial charge in [0.15, 0.2) is 0 Å². The van der Waals surface area contributed by atoms with E-state index in [1.54, 1.807) is 0 Å². The summed E-state index contributed by atoms with van der Waals surface area (Å²) in [4.78, 5) is 11.0. The minimum absolute atomic E-state index is 0.0615. The molecule has 0 aliphatic carbocycles. The Kier molecular flexibility index (Phi) is 25.3. The van der Waals surface area contributed by atoms with Crippen LogP contribution in [-0.2, 0) is 9.53 Å². The maximum absolute atomic E-state index is 11.0. The van der Waals surface area contributed by atoms with Gasteiger partial charge in [-0.05, 0) is 12.3 Å². The van der Waals surface area contributed by atoms with E-state index in [2.05, 4.69) is 18.6 Å². The summed E-state index contributed by atoms with van der Waals surface area (Å²) >= 11 is 0. The third kappa shape index (κ3) is 25.6. The molecule has 0 spiro atoms. The molecule has 2 nitrogen and oxygen atoms in total. The lowest BCUT2D eigenvalue weighted by molar-refractivity contribution is -0.140. The van der Waals surface area contributed by atoms with Crippen molar-refractivity contribution >= 4 is 5.97 Å². The van der Waals surface area contributed by atoms with E-state index in [1.165, 1.54) is 148 Å². The van der Waals surface area contributed by atoms with Crippen molar-refractivity contribution in [3.63, 3.8) is 0 Å². The molecule has 0 aromatic rings. The zero-order valence-corrected chi connectivity index (χ0v) is 21.9. The van der Waals surface area contributed by atoms with E-state index in [9.17, 15) is 4.79 Å². The molecule has 186 valence electrons. The lowest BCUT2D eigenvalue weighted by Gasteiger charge is -2.07. The highest BCUT2D eigenvalue weighted by Gasteiger charge is 2.00. The number of ether oxygens (including phenoxy) is 1. The van der Waals surface area contributed by atoms with E-state index in [0.29, 0.717) is 6.42 Å². The first kappa shape index (κ1) is 30.5. The number of unbranched alkanes of at least 4 members (excludes halogenated alkanes) is 20. The Morgan fingerprint density at radius 2 is 0.839 bits per heavy atom. The van der Waals surface area contributed by atoms with Crippen LogP contribution in [0.15, 0.2) is 0 Å². The normalized spacial score (nSPS) is 12.2. The molecule has 0 aromatic heterocycles. The summed E-state index contributed by atoms with van der Waals surface area (Å²) in [6, 6.07) is 0. The van der Waals surface area contributed by atoms with Crippen molar-refractivity contribution in [2.75, 3.05) is 7.11 Å². The van der Waals surface area contributed by atoms with Crippen LogP contribution in [0.25, 0.3) is 0 Å². The molecule has 0 bridgehead atoms. The minimum atomic E-state index is -0.0615. The van der Waals surface area contributed by atoms with Gasteiger partial charge in [0, 0.05) is 6.42 Å². The van der Waals surface area contributed by atoms with Crippen molar-refractivity contribution in [1.29, 1.82) is 0 Å². The Labute approximate surface area is 196 Å². The fourth-order valence-electron chi connectivity index (χ4n) is 4.43. The van der Waals surface area contributed by atoms with Crippen molar-refractivity contribution in [3.05, 3.63) is 0 Å². The maximum Gasteiger partial charge on any atom is 0.305 e. The molecular formula is C29H58O2. The summed E-state index contributed by atoms with van der Waals surface area (Å²) in [6.45, 7) is 4.71. The quantitative estimate of drug-likeness (QED) is 0.105. The third-order valence-electron chi connectivity index (χ3n) is 7.00. The molecule has 31 heavy (non-hydrogen) atoms. The number of esters is 1. The zero-order chi connectivity index (χ0) is 22.8. The van der Waals surface area contributed by atoms with Crippen molar-refractivity contribution in [1.82, 2.24) is 0 Å². The molecule has 0 aliphatic heterocycles. The van der Waals surface area contributed by atoms with Crippen LogP contribution in [0.2, 0.25) is 0 Å². The van der Waals surface area contributed by atoms with Gasteiger partial charge in [-0.3, -0.25) is 4.79 Å². The molecule has 0 amide bonds. The van der Waals surface area contributed by atoms with Crippen LogP contribution in [0.1, 0.15) is 168 Å². The molecular weight excluding hydrogens is 380 g/mol. The van der Waals surface area contributed by atoms with Gasteiger partial charge in [-0.15, -0.1) is 0 Å². The smallest absolute Gasteiger partial charge is 0.305 e. The molecule has 0 aromatic carbocycles. The summed E-state index contributed by atoms with van der Waals surface area (Å²) in [5.41, 5.74) is 0. The van der Waals surface area contributed by atoms with E-state index in [1.807, 2.05) is 0 Å². The maximum atomic E-state index is 11.0. The highest BCUT2D eigenvalue weighted by molar-refractivity contribution is 5.68. The molecule has 2 heteroatoms. The van der Waals surface area contributed by atoms with Gasteiger partial charge < -0.3 is 4.74 Å². The number of carbonyl (C=O) groups is 1. The standard InChI is InChI=1S/C29H58O2/c1-4-28(2)26-24-22-20-18-16-14-12-10-8-6-5-7-9-11-13-15-17-19-21-23-25-27-29(30)31-3/h28H,4-27H2,1-3H3. The first-order chi connectivity index (χ1) is 15.2. The summed E-state index contributed by atoms with van der Waals surface area (Å²) in [5, 5.41) is 0. The molecule has 0 N–H and O–H groups in total. The van der Waals surface area contributed by atoms with Crippen LogP contribution in [0.5, 0.6) is 0 Å². The van der Waals surface area contributed by atoms with E-state index in [4.69, 9.17) is 0 Å². The molecule has 1 atom stereocenters. The summed E-state index contributed by atoms with van der Waals surface area (Å²) in [5.74, 6) is 0.876. The number of hydrogen-bond acceptors (Lipinski definition) is 2. The van der Waals surface area contributed by atoms with E-state index >= 15 is 0 Å². The second kappa shape index (κ2) is 25.7. The SMILES string of the molecule is CCC(C)CCCCCCCCCCCCCCCCCCCCCCCC(=O)OC. The summed E-state index contributed by atoms with van der Waals surface area (Å²) < 4.78 is 4.67. The van der Waals surface area contributed by atoms with Gasteiger partial charge in [0.2, 0.25) is 0 Å². The van der Waals surface area contributed by atoms with Crippen molar-refractivity contribution in [2.24, 2.45) is 5.92 Å². The fraction of sp³-hybridized carbons (Fsp3) is 0.966. The summed E-state index contributed by atoms with van der Waals surface area (Å²) in [6.07, 6.45) is 32.8. The van der Waals surface area contributed by atoms with Crippen LogP contribution in [0.4, 0.5) is 0 Å². The Morgan fingerprint density at radius 3 is 1.13 bits per heavy atom. The predicted octanol–water partition coefficient (Wildman–Crippen LogP) is 10.2. The van der Waals surface area contributed by atoms with Crippen LogP contribution in [0.3, 0.4) is 0 Å². The lowest BCUT2D eigenvalue weighted by Crippen LogP contribution is -1.99. The number of carbonyl (C=O) groups excluding carboxylic acids is 1. The highest BCUT2D eigenvalue weighted by Crippen LogP contribution is 2.16. The molecule has 0 radical (unpaired) electrons. The highest BCUT2D eigenvalue weighted by atomic mass is 16.5. The van der Waals surface area contributed by atoms with Crippen LogP contribution in [0, 0.1) is 5.92 Å². The van der Waals surface area contributed by atoms with Crippen LogP contribution >= 0.6 is 0 Å². The van der Waals surface area contributed by atoms with Crippen molar-refractivity contribution in [3.8, 4) is 0 Å². The molecule has 0 saturated heterocycles. The van der Waals surface area contributed by atoms with Gasteiger partial charge in [-0.2, -0.15) is 0 Å². The second-order valence-corrected chi connectivity index (χ2v) is 10.1. The van der Waals surface area contributed by atoms with Gasteiger partial charge >= 0.3 is 5.97 Å². The largest absolute Gasteiger partial charge is 0.469 e. The zero-order valence-electron chi connectivity index (χ0n) is 21.9. The lowest BCUT2D eigenvalue weighted by atomic mass is 9.99. The van der Waals surface area contributed by atoms with Gasteiger partial charge in [0.1, 0.15) is 0 Å². The number of methoxy groups -OCH3 is 1. The average molecular weight is 439 g/mol. The van der Waals surface area contributed by atoms with Gasteiger partial charge in [-0.25, -0.2) is 0 Å². The monoisotopic (exact) mass is 438 g/mol. The first-order valence-corrected chi connectivity index (χ1v) is 14.3. The third-order valence-corrected chi connectivity index (χ3v) is 7.00. The van der Waals surface area contributed by atoms with Crippen LogP contribution < -0.4 is 0 Å². The Hall–Kier alpha value is -0.530. The molecule has 0 saturated carbocycles. The molecule has 0 rings (SSSR count). The predicted molar refractivity (Wildman–Crippen MR) is 138 cm³/mol. The fourth-order valence-corrected chi connectivity index (χ4v) is 4.43. The van der Waals surface area contributed by atoms with Crippen LogP contribution in [-0.4, -0.2) is 13.1 Å². The minimum Gasteiger partial charge on any atom is -0.469 e. The average Bonchev–Trinajstić information content (AvgIpc) is 2.79. The molecule has 0 fully saturated rings. The van der Waals surface area contributed by atoms with E-state index < -0.39 is 0 Å². The van der Waals surface area contributed by atoms with Crippen molar-refractivity contribution < 1.29 is 9.53 Å². The Balaban J connectivity index is 3.04. The van der Waals surface area contributed by atoms with Gasteiger partial charge in [0.25, 0.3) is 0 Å². The topological polar surface area (TPSA) is 26.3 Å². The van der Waals surface area contributed by atoms with E-state index in [-0.39, 0.29) is 5.97 Å². The van der Waals surface area contributed by atoms with Gasteiger partial charge in [0.05, 0.1) is 7.11 Å². The van der Waals surface area contributed by atoms with Crippen molar-refractivity contribution in [2.45, 2.75) is 168 Å². The number of hydrogen-bond donors (Lipinski definition) is 0. The molecule has 1 unspecified atom stereocenters.